The number of amides is 3. The number of carbonyl (C=O) groups is 3. The summed E-state index contributed by atoms with van der Waals surface area (Å²) in [5, 5.41) is 7.54. The Bertz CT molecular complexity index is 1140. The van der Waals surface area contributed by atoms with Gasteiger partial charge >= 0.3 is 0 Å². The molecule has 0 fully saturated rings. The zero-order valence-corrected chi connectivity index (χ0v) is 22.4. The van der Waals surface area contributed by atoms with Gasteiger partial charge in [0.25, 0.3) is 11.8 Å². The summed E-state index contributed by atoms with van der Waals surface area (Å²) >= 11 is 1.30. The van der Waals surface area contributed by atoms with E-state index in [0.29, 0.717) is 28.7 Å². The average molecular weight is 510 g/mol. The number of nitrogens with one attached hydrogen (secondary N) is 2. The van der Waals surface area contributed by atoms with Gasteiger partial charge in [0, 0.05) is 11.2 Å². The summed E-state index contributed by atoms with van der Waals surface area (Å²) in [6.45, 7) is 9.84. The molecule has 0 saturated carbocycles. The Kier molecular flexibility index (Phi) is 9.09. The highest BCUT2D eigenvalue weighted by molar-refractivity contribution is 7.12. The van der Waals surface area contributed by atoms with E-state index >= 15 is 0 Å². The quantitative estimate of drug-likeness (QED) is 0.349. The summed E-state index contributed by atoms with van der Waals surface area (Å²) in [5.41, 5.74) is 1.21. The topological polar surface area (TPSA) is 91.7 Å². The molecule has 1 aromatic carbocycles. The number of hydrogen-bond donors (Lipinski definition) is 2. The van der Waals surface area contributed by atoms with Crippen LogP contribution in [0.25, 0.3) is 0 Å². The number of furan rings is 1. The van der Waals surface area contributed by atoms with E-state index in [1.54, 1.807) is 29.6 Å². The molecule has 2 heterocycles. The maximum absolute atomic E-state index is 13.7. The van der Waals surface area contributed by atoms with Crippen LogP contribution in [-0.2, 0) is 9.59 Å². The molecule has 3 aromatic rings. The van der Waals surface area contributed by atoms with E-state index < -0.39 is 17.5 Å². The fourth-order valence-electron chi connectivity index (χ4n) is 3.68. The molecule has 2 atom stereocenters. The number of nitrogens with zero attached hydrogens (tertiary/aromatic N) is 1. The molecule has 0 spiro atoms. The number of rotatable bonds is 11. The fraction of sp³-hybridized carbons (Fsp3) is 0.393. The van der Waals surface area contributed by atoms with Gasteiger partial charge in [-0.2, -0.15) is 0 Å². The molecule has 0 bridgehead atoms. The molecule has 3 rings (SSSR count). The average Bonchev–Trinajstić information content (AvgIpc) is 3.60. The lowest BCUT2D eigenvalue weighted by atomic mass is 9.98. The van der Waals surface area contributed by atoms with E-state index in [2.05, 4.69) is 24.5 Å². The zero-order valence-electron chi connectivity index (χ0n) is 21.5. The van der Waals surface area contributed by atoms with E-state index in [9.17, 15) is 14.4 Å². The first-order valence-electron chi connectivity index (χ1n) is 12.3. The van der Waals surface area contributed by atoms with Gasteiger partial charge in [-0.1, -0.05) is 39.0 Å². The Morgan fingerprint density at radius 3 is 2.33 bits per heavy atom. The van der Waals surface area contributed by atoms with Crippen molar-refractivity contribution < 1.29 is 18.8 Å². The molecule has 0 unspecified atom stereocenters. The lowest BCUT2D eigenvalue weighted by Crippen LogP contribution is -2.52. The van der Waals surface area contributed by atoms with Crippen LogP contribution in [0.2, 0.25) is 0 Å². The van der Waals surface area contributed by atoms with Crippen molar-refractivity contribution in [2.75, 3.05) is 11.4 Å². The molecule has 36 heavy (non-hydrogen) atoms. The first-order valence-corrected chi connectivity index (χ1v) is 13.1. The SMILES string of the molecule is CC[C@H](C)c1ccc(N(C(=O)CNC(=O)c2cccs2)[C@H](C(=O)NC(C)(C)CC)c2ccco2)cc1. The first kappa shape index (κ1) is 27.2. The van der Waals surface area contributed by atoms with Gasteiger partial charge in [-0.25, -0.2) is 0 Å². The molecule has 2 aromatic heterocycles. The van der Waals surface area contributed by atoms with Crippen molar-refractivity contribution in [2.45, 2.75) is 65.0 Å². The highest BCUT2D eigenvalue weighted by Crippen LogP contribution is 2.31. The first-order chi connectivity index (χ1) is 17.2. The van der Waals surface area contributed by atoms with E-state index in [1.165, 1.54) is 22.5 Å². The highest BCUT2D eigenvalue weighted by atomic mass is 32.1. The predicted octanol–water partition coefficient (Wildman–Crippen LogP) is 5.66. The van der Waals surface area contributed by atoms with Crippen molar-refractivity contribution in [3.05, 3.63) is 76.4 Å². The third-order valence-electron chi connectivity index (χ3n) is 6.43. The van der Waals surface area contributed by atoms with E-state index in [1.807, 2.05) is 45.0 Å². The summed E-state index contributed by atoms with van der Waals surface area (Å²) in [4.78, 5) is 41.7. The number of hydrogen-bond acceptors (Lipinski definition) is 5. The number of anilines is 1. The maximum Gasteiger partial charge on any atom is 0.261 e. The van der Waals surface area contributed by atoms with Gasteiger partial charge in [0.1, 0.15) is 5.76 Å². The fourth-order valence-corrected chi connectivity index (χ4v) is 4.32. The van der Waals surface area contributed by atoms with Gasteiger partial charge in [-0.05, 0) is 73.9 Å². The van der Waals surface area contributed by atoms with Crippen molar-refractivity contribution >= 4 is 34.7 Å². The van der Waals surface area contributed by atoms with Crippen LogP contribution >= 0.6 is 11.3 Å². The van der Waals surface area contributed by atoms with Crippen molar-refractivity contribution in [3.8, 4) is 0 Å². The second kappa shape index (κ2) is 12.0. The van der Waals surface area contributed by atoms with Crippen LogP contribution < -0.4 is 15.5 Å². The Labute approximate surface area is 216 Å². The minimum atomic E-state index is -1.05. The van der Waals surface area contributed by atoms with Gasteiger partial charge in [0.05, 0.1) is 17.7 Å². The van der Waals surface area contributed by atoms with Crippen LogP contribution in [0.4, 0.5) is 5.69 Å². The summed E-state index contributed by atoms with van der Waals surface area (Å²) < 4.78 is 5.64. The maximum atomic E-state index is 13.7. The molecule has 192 valence electrons. The third kappa shape index (κ3) is 6.63. The molecule has 0 radical (unpaired) electrons. The number of thiophene rings is 1. The molecule has 0 aliphatic heterocycles. The molecular formula is C28H35N3O4S. The highest BCUT2D eigenvalue weighted by Gasteiger charge is 2.36. The third-order valence-corrected chi connectivity index (χ3v) is 7.30. The molecule has 0 saturated heterocycles. The largest absolute Gasteiger partial charge is 0.467 e. The van der Waals surface area contributed by atoms with Crippen molar-refractivity contribution in [3.63, 3.8) is 0 Å². The van der Waals surface area contributed by atoms with Crippen LogP contribution in [0.1, 0.15) is 80.4 Å². The molecule has 0 aliphatic rings. The minimum Gasteiger partial charge on any atom is -0.467 e. The molecule has 0 aliphatic carbocycles. The van der Waals surface area contributed by atoms with Gasteiger partial charge < -0.3 is 15.1 Å². The van der Waals surface area contributed by atoms with Crippen molar-refractivity contribution in [1.29, 1.82) is 0 Å². The Morgan fingerprint density at radius 1 is 1.06 bits per heavy atom. The molecular weight excluding hydrogens is 474 g/mol. The van der Waals surface area contributed by atoms with E-state index in [0.717, 1.165) is 12.0 Å². The summed E-state index contributed by atoms with van der Waals surface area (Å²) in [6.07, 6.45) is 3.17. The van der Waals surface area contributed by atoms with Gasteiger partial charge in [-0.15, -0.1) is 11.3 Å². The Morgan fingerprint density at radius 2 is 1.78 bits per heavy atom. The Balaban J connectivity index is 1.99. The molecule has 3 amide bonds. The van der Waals surface area contributed by atoms with Crippen LogP contribution in [0.5, 0.6) is 0 Å². The van der Waals surface area contributed by atoms with Crippen LogP contribution in [-0.4, -0.2) is 29.8 Å². The lowest BCUT2D eigenvalue weighted by molar-refractivity contribution is -0.128. The number of benzene rings is 1. The monoisotopic (exact) mass is 509 g/mol. The van der Waals surface area contributed by atoms with E-state index in [4.69, 9.17) is 4.42 Å². The van der Waals surface area contributed by atoms with Gasteiger partial charge in [0.2, 0.25) is 5.91 Å². The van der Waals surface area contributed by atoms with Crippen LogP contribution in [0.3, 0.4) is 0 Å². The van der Waals surface area contributed by atoms with Crippen molar-refractivity contribution in [1.82, 2.24) is 10.6 Å². The van der Waals surface area contributed by atoms with Crippen LogP contribution in [0.15, 0.2) is 64.6 Å². The van der Waals surface area contributed by atoms with Gasteiger partial charge in [0.15, 0.2) is 6.04 Å². The minimum absolute atomic E-state index is 0.272. The Hall–Kier alpha value is -3.39. The van der Waals surface area contributed by atoms with E-state index in [-0.39, 0.29) is 18.4 Å². The van der Waals surface area contributed by atoms with Crippen molar-refractivity contribution in [2.24, 2.45) is 0 Å². The van der Waals surface area contributed by atoms with Crippen LogP contribution in [0, 0.1) is 0 Å². The predicted molar refractivity (Wildman–Crippen MR) is 143 cm³/mol. The normalized spacial score (nSPS) is 13.0. The molecule has 2 N–H and O–H groups in total. The lowest BCUT2D eigenvalue weighted by Gasteiger charge is -2.33. The zero-order chi connectivity index (χ0) is 26.3. The standard InChI is InChI=1S/C28H35N3O4S/c1-6-19(3)20-12-14-21(15-13-20)31(24(32)18-29-26(33)23-11-9-17-36-23)25(22-10-8-16-35-22)27(34)30-28(4,5)7-2/h8-17,19,25H,6-7,18H2,1-5H3,(H,29,33)(H,30,34)/t19-,25-/m0/s1. The summed E-state index contributed by atoms with van der Waals surface area (Å²) in [6, 6.07) is 13.4. The van der Waals surface area contributed by atoms with Gasteiger partial charge in [-0.3, -0.25) is 19.3 Å². The molecule has 7 nitrogen and oxygen atoms in total. The summed E-state index contributed by atoms with van der Waals surface area (Å²) in [5.74, 6) is -0.425. The summed E-state index contributed by atoms with van der Waals surface area (Å²) in [7, 11) is 0. The smallest absolute Gasteiger partial charge is 0.261 e. The second-order valence-electron chi connectivity index (χ2n) is 9.47. The second-order valence-corrected chi connectivity index (χ2v) is 10.4. The molecule has 8 heteroatoms. The number of carbonyl (C=O) groups excluding carboxylic acids is 3.